The van der Waals surface area contributed by atoms with E-state index in [0.29, 0.717) is 30.9 Å². The largest absolute Gasteiger partial charge is 0.492 e. The number of amides is 1. The second-order valence-electron chi connectivity index (χ2n) is 8.30. The van der Waals surface area contributed by atoms with Gasteiger partial charge >= 0.3 is 5.97 Å². The van der Waals surface area contributed by atoms with Gasteiger partial charge in [-0.1, -0.05) is 72.8 Å². The molecule has 0 bridgehead atoms. The molecular formula is C30H28N2O4. The van der Waals surface area contributed by atoms with Crippen molar-refractivity contribution in [2.75, 3.05) is 18.5 Å². The monoisotopic (exact) mass is 480 g/mol. The van der Waals surface area contributed by atoms with Crippen molar-refractivity contribution >= 4 is 17.6 Å². The molecule has 6 heteroatoms. The lowest BCUT2D eigenvalue weighted by molar-refractivity contribution is -0.137. The van der Waals surface area contributed by atoms with Gasteiger partial charge in [-0.2, -0.15) is 0 Å². The first-order valence-corrected chi connectivity index (χ1v) is 11.8. The van der Waals surface area contributed by atoms with Gasteiger partial charge in [0, 0.05) is 17.7 Å². The molecule has 0 saturated carbocycles. The molecule has 0 radical (unpaired) electrons. The van der Waals surface area contributed by atoms with Crippen LogP contribution in [0.5, 0.6) is 5.75 Å². The Morgan fingerprint density at radius 3 is 2.00 bits per heavy atom. The van der Waals surface area contributed by atoms with Crippen LogP contribution in [0.25, 0.3) is 11.1 Å². The number of carbonyl (C=O) groups is 2. The first-order valence-electron chi connectivity index (χ1n) is 11.8. The van der Waals surface area contributed by atoms with Gasteiger partial charge in [-0.15, -0.1) is 0 Å². The molecule has 4 rings (SSSR count). The van der Waals surface area contributed by atoms with Crippen molar-refractivity contribution in [2.24, 2.45) is 0 Å². The number of carbonyl (C=O) groups excluding carboxylic acids is 1. The minimum absolute atomic E-state index is 0.154. The maximum atomic E-state index is 12.4. The van der Waals surface area contributed by atoms with Gasteiger partial charge in [0.05, 0.1) is 6.54 Å². The fraction of sp³-hybridized carbons (Fsp3) is 0.133. The number of ether oxygens (including phenoxy) is 1. The van der Waals surface area contributed by atoms with Crippen LogP contribution in [0.3, 0.4) is 0 Å². The van der Waals surface area contributed by atoms with Crippen LogP contribution in [0.15, 0.2) is 109 Å². The van der Waals surface area contributed by atoms with Crippen LogP contribution in [0, 0.1) is 0 Å². The van der Waals surface area contributed by atoms with Crippen LogP contribution in [0.1, 0.15) is 15.9 Å². The second kappa shape index (κ2) is 12.2. The summed E-state index contributed by atoms with van der Waals surface area (Å²) in [5.41, 5.74) is 4.40. The summed E-state index contributed by atoms with van der Waals surface area (Å²) >= 11 is 0. The number of hydrogen-bond acceptors (Lipinski definition) is 4. The Balaban J connectivity index is 1.22. The lowest BCUT2D eigenvalue weighted by Crippen LogP contribution is -2.31. The number of rotatable bonds is 11. The Morgan fingerprint density at radius 1 is 0.750 bits per heavy atom. The molecule has 0 fully saturated rings. The SMILES string of the molecule is O=C(NCCOc1ccc(CC(Nc2ccccc2)C(=O)O)cc1)c1ccc(-c2ccccc2)cc1. The van der Waals surface area contributed by atoms with Crippen LogP contribution in [-0.2, 0) is 11.2 Å². The fourth-order valence-electron chi connectivity index (χ4n) is 3.77. The molecule has 1 amide bonds. The molecule has 3 N–H and O–H groups in total. The topological polar surface area (TPSA) is 87.7 Å². The van der Waals surface area contributed by atoms with Crippen molar-refractivity contribution in [2.45, 2.75) is 12.5 Å². The van der Waals surface area contributed by atoms with Gasteiger partial charge in [0.15, 0.2) is 0 Å². The third-order valence-electron chi connectivity index (χ3n) is 5.69. The summed E-state index contributed by atoms with van der Waals surface area (Å²) in [6.45, 7) is 0.684. The molecule has 0 aliphatic rings. The zero-order valence-corrected chi connectivity index (χ0v) is 19.8. The van der Waals surface area contributed by atoms with Crippen molar-refractivity contribution in [3.8, 4) is 16.9 Å². The molecule has 182 valence electrons. The maximum Gasteiger partial charge on any atom is 0.326 e. The zero-order chi connectivity index (χ0) is 25.2. The Labute approximate surface area is 210 Å². The zero-order valence-electron chi connectivity index (χ0n) is 19.8. The smallest absolute Gasteiger partial charge is 0.326 e. The number of carboxylic acids is 1. The van der Waals surface area contributed by atoms with Crippen molar-refractivity contribution in [3.05, 3.63) is 120 Å². The Kier molecular flexibility index (Phi) is 8.33. The van der Waals surface area contributed by atoms with E-state index in [4.69, 9.17) is 4.74 Å². The summed E-state index contributed by atoms with van der Waals surface area (Å²) in [6.07, 6.45) is 0.337. The van der Waals surface area contributed by atoms with Crippen molar-refractivity contribution in [3.63, 3.8) is 0 Å². The van der Waals surface area contributed by atoms with Crippen LogP contribution in [0.2, 0.25) is 0 Å². The van der Waals surface area contributed by atoms with Crippen LogP contribution in [0.4, 0.5) is 5.69 Å². The lowest BCUT2D eigenvalue weighted by Gasteiger charge is -2.16. The van der Waals surface area contributed by atoms with E-state index < -0.39 is 12.0 Å². The summed E-state index contributed by atoms with van der Waals surface area (Å²) in [5.74, 6) is -0.410. The standard InChI is InChI=1S/C30H28N2O4/c33-29(25-15-13-24(14-16-25)23-7-3-1-4-8-23)31-19-20-36-27-17-11-22(12-18-27)21-28(30(34)35)32-26-9-5-2-6-10-26/h1-18,28,32H,19-21H2,(H,31,33)(H,34,35). The Hall–Kier alpha value is -4.58. The van der Waals surface area contributed by atoms with E-state index in [9.17, 15) is 14.7 Å². The molecule has 1 unspecified atom stereocenters. The van der Waals surface area contributed by atoms with Gasteiger partial charge in [-0.25, -0.2) is 4.79 Å². The Bertz CT molecular complexity index is 1260. The third-order valence-corrected chi connectivity index (χ3v) is 5.69. The molecule has 0 spiro atoms. The van der Waals surface area contributed by atoms with Gasteiger partial charge in [-0.3, -0.25) is 4.79 Å². The average molecular weight is 481 g/mol. The van der Waals surface area contributed by atoms with E-state index >= 15 is 0 Å². The highest BCUT2D eigenvalue weighted by atomic mass is 16.5. The maximum absolute atomic E-state index is 12.4. The Morgan fingerprint density at radius 2 is 1.36 bits per heavy atom. The van der Waals surface area contributed by atoms with Gasteiger partial charge < -0.3 is 20.5 Å². The average Bonchev–Trinajstić information content (AvgIpc) is 2.92. The van der Waals surface area contributed by atoms with E-state index in [-0.39, 0.29) is 5.91 Å². The molecule has 36 heavy (non-hydrogen) atoms. The van der Waals surface area contributed by atoms with E-state index in [2.05, 4.69) is 10.6 Å². The summed E-state index contributed by atoms with van der Waals surface area (Å²) in [5, 5.41) is 15.5. The molecule has 1 atom stereocenters. The van der Waals surface area contributed by atoms with Crippen molar-refractivity contribution < 1.29 is 19.4 Å². The predicted octanol–water partition coefficient (Wildman–Crippen LogP) is 5.27. The number of benzene rings is 4. The highest BCUT2D eigenvalue weighted by Crippen LogP contribution is 2.19. The fourth-order valence-corrected chi connectivity index (χ4v) is 3.77. The summed E-state index contributed by atoms with van der Waals surface area (Å²) in [4.78, 5) is 24.1. The van der Waals surface area contributed by atoms with Gasteiger partial charge in [0.2, 0.25) is 0 Å². The highest BCUT2D eigenvalue weighted by molar-refractivity contribution is 5.94. The number of nitrogens with one attached hydrogen (secondary N) is 2. The number of para-hydroxylation sites is 1. The first-order chi connectivity index (χ1) is 17.6. The van der Waals surface area contributed by atoms with Crippen molar-refractivity contribution in [1.29, 1.82) is 0 Å². The minimum Gasteiger partial charge on any atom is -0.492 e. The quantitative estimate of drug-likeness (QED) is 0.255. The number of hydrogen-bond donors (Lipinski definition) is 3. The van der Waals surface area contributed by atoms with Gasteiger partial charge in [0.25, 0.3) is 5.91 Å². The minimum atomic E-state index is -0.912. The van der Waals surface area contributed by atoms with E-state index in [1.54, 1.807) is 12.1 Å². The van der Waals surface area contributed by atoms with Gasteiger partial charge in [-0.05, 0) is 53.1 Å². The number of aliphatic carboxylic acids is 1. The van der Waals surface area contributed by atoms with Crippen LogP contribution >= 0.6 is 0 Å². The molecule has 0 aromatic heterocycles. The molecular weight excluding hydrogens is 452 g/mol. The molecule has 6 nitrogen and oxygen atoms in total. The summed E-state index contributed by atoms with van der Waals surface area (Å²) < 4.78 is 5.73. The highest BCUT2D eigenvalue weighted by Gasteiger charge is 2.17. The van der Waals surface area contributed by atoms with E-state index in [0.717, 1.165) is 22.4 Å². The van der Waals surface area contributed by atoms with Crippen LogP contribution < -0.4 is 15.4 Å². The van der Waals surface area contributed by atoms with E-state index in [1.807, 2.05) is 97.1 Å². The molecule has 0 aliphatic heterocycles. The summed E-state index contributed by atoms with van der Waals surface area (Å²) in [6, 6.07) is 33.4. The second-order valence-corrected chi connectivity index (χ2v) is 8.30. The van der Waals surface area contributed by atoms with Crippen molar-refractivity contribution in [1.82, 2.24) is 5.32 Å². The molecule has 4 aromatic rings. The number of anilines is 1. The third kappa shape index (κ3) is 6.96. The first kappa shape index (κ1) is 24.5. The molecule has 0 saturated heterocycles. The van der Waals surface area contributed by atoms with E-state index in [1.165, 1.54) is 0 Å². The van der Waals surface area contributed by atoms with Gasteiger partial charge in [0.1, 0.15) is 18.4 Å². The predicted molar refractivity (Wildman–Crippen MR) is 141 cm³/mol. The normalized spacial score (nSPS) is 11.3. The van der Waals surface area contributed by atoms with Crippen LogP contribution in [-0.4, -0.2) is 36.2 Å². The lowest BCUT2D eigenvalue weighted by atomic mass is 10.0. The number of carboxylic acid groups (broad SMARTS) is 1. The summed E-state index contributed by atoms with van der Waals surface area (Å²) in [7, 11) is 0. The molecule has 0 heterocycles. The molecule has 4 aromatic carbocycles. The molecule has 0 aliphatic carbocycles.